The molecule has 2 aromatic rings. The monoisotopic (exact) mass is 290 g/mol. The van der Waals surface area contributed by atoms with Crippen LogP contribution in [0.5, 0.6) is 0 Å². The lowest BCUT2D eigenvalue weighted by atomic mass is 10.1. The number of rotatable bonds is 7. The molecule has 2 rings (SSSR count). The van der Waals surface area contributed by atoms with Crippen LogP contribution in [0.3, 0.4) is 0 Å². The van der Waals surface area contributed by atoms with Crippen LogP contribution >= 0.6 is 11.3 Å². The van der Waals surface area contributed by atoms with Crippen LogP contribution in [0.2, 0.25) is 0 Å². The zero-order chi connectivity index (χ0) is 14.4. The van der Waals surface area contributed by atoms with Crippen molar-refractivity contribution in [3.8, 4) is 0 Å². The van der Waals surface area contributed by atoms with Gasteiger partial charge in [-0.3, -0.25) is 0 Å². The van der Waals surface area contributed by atoms with Crippen LogP contribution in [0.15, 0.2) is 17.8 Å². The standard InChI is InChI=1S/C15H22N4S/c1-4-6-12-14(16-5-2)18-10-19-15(12)17-9-13-11(3)7-8-20-13/h7-8,10H,4-6,9H2,1-3H3,(H2,16,17,18,19). The van der Waals surface area contributed by atoms with E-state index < -0.39 is 0 Å². The Hall–Kier alpha value is -1.62. The van der Waals surface area contributed by atoms with E-state index in [1.807, 2.05) is 0 Å². The molecule has 0 spiro atoms. The average molecular weight is 290 g/mol. The molecule has 0 atom stereocenters. The number of thiophene rings is 1. The van der Waals surface area contributed by atoms with Crippen molar-refractivity contribution in [2.24, 2.45) is 0 Å². The Morgan fingerprint density at radius 3 is 2.50 bits per heavy atom. The van der Waals surface area contributed by atoms with Gasteiger partial charge in [-0.15, -0.1) is 11.3 Å². The number of hydrogen-bond donors (Lipinski definition) is 2. The first-order valence-electron chi connectivity index (χ1n) is 7.10. The van der Waals surface area contributed by atoms with Crippen molar-refractivity contribution < 1.29 is 0 Å². The minimum Gasteiger partial charge on any atom is -0.370 e. The van der Waals surface area contributed by atoms with E-state index in [1.165, 1.54) is 16.0 Å². The van der Waals surface area contributed by atoms with Crippen LogP contribution in [-0.4, -0.2) is 16.5 Å². The topological polar surface area (TPSA) is 49.8 Å². The van der Waals surface area contributed by atoms with Crippen molar-refractivity contribution in [2.45, 2.75) is 40.2 Å². The molecule has 108 valence electrons. The van der Waals surface area contributed by atoms with Gasteiger partial charge in [0, 0.05) is 17.0 Å². The number of hydrogen-bond acceptors (Lipinski definition) is 5. The summed E-state index contributed by atoms with van der Waals surface area (Å²) >= 11 is 1.78. The third kappa shape index (κ3) is 3.48. The largest absolute Gasteiger partial charge is 0.370 e. The lowest BCUT2D eigenvalue weighted by Crippen LogP contribution is -2.10. The molecular formula is C15H22N4S. The van der Waals surface area contributed by atoms with Gasteiger partial charge in [-0.25, -0.2) is 9.97 Å². The average Bonchev–Trinajstić information content (AvgIpc) is 2.85. The van der Waals surface area contributed by atoms with Crippen molar-refractivity contribution in [2.75, 3.05) is 17.2 Å². The Morgan fingerprint density at radius 2 is 1.90 bits per heavy atom. The molecule has 5 heteroatoms. The van der Waals surface area contributed by atoms with Crippen LogP contribution in [0.25, 0.3) is 0 Å². The van der Waals surface area contributed by atoms with Crippen LogP contribution in [0.4, 0.5) is 11.6 Å². The van der Waals surface area contributed by atoms with Crippen LogP contribution in [0, 0.1) is 6.92 Å². The molecule has 0 saturated carbocycles. The van der Waals surface area contributed by atoms with Crippen molar-refractivity contribution in [1.82, 2.24) is 9.97 Å². The van der Waals surface area contributed by atoms with E-state index in [0.717, 1.165) is 37.6 Å². The maximum atomic E-state index is 4.41. The summed E-state index contributed by atoms with van der Waals surface area (Å²) in [6.07, 6.45) is 3.69. The first kappa shape index (κ1) is 14.8. The van der Waals surface area contributed by atoms with Gasteiger partial charge in [0.1, 0.15) is 18.0 Å². The number of nitrogens with zero attached hydrogens (tertiary/aromatic N) is 2. The predicted molar refractivity (Wildman–Crippen MR) is 86.6 cm³/mol. The third-order valence-electron chi connectivity index (χ3n) is 3.17. The number of nitrogens with one attached hydrogen (secondary N) is 2. The van der Waals surface area contributed by atoms with E-state index >= 15 is 0 Å². The highest BCUT2D eigenvalue weighted by atomic mass is 32.1. The van der Waals surface area contributed by atoms with Crippen LogP contribution < -0.4 is 10.6 Å². The molecule has 0 bridgehead atoms. The second-order valence-corrected chi connectivity index (χ2v) is 5.71. The van der Waals surface area contributed by atoms with Crippen molar-refractivity contribution in [3.63, 3.8) is 0 Å². The molecule has 2 heterocycles. The van der Waals surface area contributed by atoms with E-state index in [4.69, 9.17) is 0 Å². The number of aromatic nitrogens is 2. The van der Waals surface area contributed by atoms with Gasteiger partial charge in [-0.2, -0.15) is 0 Å². The summed E-state index contributed by atoms with van der Waals surface area (Å²) in [4.78, 5) is 10.1. The SMILES string of the molecule is CCCc1c(NCC)ncnc1NCc1sccc1C. The predicted octanol–water partition coefficient (Wildman–Crippen LogP) is 3.84. The Balaban J connectivity index is 2.17. The summed E-state index contributed by atoms with van der Waals surface area (Å²) in [7, 11) is 0. The van der Waals surface area contributed by atoms with Crippen LogP contribution in [0.1, 0.15) is 36.3 Å². The molecule has 0 amide bonds. The molecule has 2 N–H and O–H groups in total. The minimum atomic E-state index is 0.822. The van der Waals surface area contributed by atoms with Gasteiger partial charge >= 0.3 is 0 Å². The first-order valence-corrected chi connectivity index (χ1v) is 7.98. The minimum absolute atomic E-state index is 0.822. The van der Waals surface area contributed by atoms with Gasteiger partial charge in [0.05, 0.1) is 6.54 Å². The second kappa shape index (κ2) is 7.24. The highest BCUT2D eigenvalue weighted by molar-refractivity contribution is 7.10. The molecule has 0 aliphatic rings. The molecule has 0 aliphatic heterocycles. The lowest BCUT2D eigenvalue weighted by Gasteiger charge is -2.14. The summed E-state index contributed by atoms with van der Waals surface area (Å²) in [6.45, 7) is 8.10. The quantitative estimate of drug-likeness (QED) is 0.813. The summed E-state index contributed by atoms with van der Waals surface area (Å²) in [5.74, 6) is 1.90. The molecule has 4 nitrogen and oxygen atoms in total. The number of aryl methyl sites for hydroxylation is 1. The van der Waals surface area contributed by atoms with Crippen molar-refractivity contribution >= 4 is 23.0 Å². The number of anilines is 2. The smallest absolute Gasteiger partial charge is 0.135 e. The molecule has 0 aliphatic carbocycles. The van der Waals surface area contributed by atoms with Gasteiger partial charge < -0.3 is 10.6 Å². The van der Waals surface area contributed by atoms with E-state index in [1.54, 1.807) is 17.7 Å². The molecule has 0 fully saturated rings. The normalized spacial score (nSPS) is 10.6. The van der Waals surface area contributed by atoms with Gasteiger partial charge in [0.15, 0.2) is 0 Å². The molecule has 2 aromatic heterocycles. The van der Waals surface area contributed by atoms with Gasteiger partial charge in [0.2, 0.25) is 0 Å². The Kier molecular flexibility index (Phi) is 5.35. The summed E-state index contributed by atoms with van der Waals surface area (Å²) in [5.41, 5.74) is 2.52. The van der Waals surface area contributed by atoms with Gasteiger partial charge in [0.25, 0.3) is 0 Å². The third-order valence-corrected chi connectivity index (χ3v) is 4.20. The zero-order valence-electron chi connectivity index (χ0n) is 12.4. The van der Waals surface area contributed by atoms with Gasteiger partial charge in [-0.05, 0) is 37.3 Å². The highest BCUT2D eigenvalue weighted by Gasteiger charge is 2.10. The fraction of sp³-hybridized carbons (Fsp3) is 0.467. The molecule has 0 unspecified atom stereocenters. The van der Waals surface area contributed by atoms with E-state index in [-0.39, 0.29) is 0 Å². The van der Waals surface area contributed by atoms with Crippen molar-refractivity contribution in [3.05, 3.63) is 33.8 Å². The Bertz CT molecular complexity index is 551. The zero-order valence-corrected chi connectivity index (χ0v) is 13.2. The maximum absolute atomic E-state index is 4.41. The van der Waals surface area contributed by atoms with Gasteiger partial charge in [-0.1, -0.05) is 13.3 Å². The molecule has 20 heavy (non-hydrogen) atoms. The first-order chi connectivity index (χ1) is 9.76. The fourth-order valence-electron chi connectivity index (χ4n) is 2.12. The van der Waals surface area contributed by atoms with Crippen LogP contribution in [-0.2, 0) is 13.0 Å². The Labute approximate surface area is 124 Å². The Morgan fingerprint density at radius 1 is 1.15 bits per heavy atom. The molecule has 0 aromatic carbocycles. The lowest BCUT2D eigenvalue weighted by molar-refractivity contribution is 0.896. The second-order valence-electron chi connectivity index (χ2n) is 4.71. The summed E-state index contributed by atoms with van der Waals surface area (Å²) in [6, 6.07) is 2.15. The van der Waals surface area contributed by atoms with E-state index in [9.17, 15) is 0 Å². The highest BCUT2D eigenvalue weighted by Crippen LogP contribution is 2.23. The summed E-state index contributed by atoms with van der Waals surface area (Å²) in [5, 5.41) is 8.91. The fourth-order valence-corrected chi connectivity index (χ4v) is 2.97. The molecular weight excluding hydrogens is 268 g/mol. The van der Waals surface area contributed by atoms with Crippen molar-refractivity contribution in [1.29, 1.82) is 0 Å². The van der Waals surface area contributed by atoms with E-state index in [2.05, 4.69) is 52.8 Å². The molecule has 0 saturated heterocycles. The summed E-state index contributed by atoms with van der Waals surface area (Å²) < 4.78 is 0. The maximum Gasteiger partial charge on any atom is 0.135 e. The van der Waals surface area contributed by atoms with E-state index in [0.29, 0.717) is 0 Å². The molecule has 0 radical (unpaired) electrons.